The smallest absolute Gasteiger partial charge is 0.379 e. The molecule has 6 heteroatoms. The normalized spacial score (nSPS) is 11.0. The van der Waals surface area contributed by atoms with Gasteiger partial charge in [0, 0.05) is 23.0 Å². The number of rotatable bonds is 3. The van der Waals surface area contributed by atoms with Crippen LogP contribution in [-0.4, -0.2) is 11.0 Å². The summed E-state index contributed by atoms with van der Waals surface area (Å²) in [7, 11) is 0. The number of para-hydroxylation sites is 1. The van der Waals surface area contributed by atoms with Gasteiger partial charge < -0.3 is 13.6 Å². The van der Waals surface area contributed by atoms with Crippen LogP contribution in [-0.2, 0) is 0 Å². The highest BCUT2D eigenvalue weighted by molar-refractivity contribution is 5.94. The maximum Gasteiger partial charge on any atom is 0.379 e. The van der Waals surface area contributed by atoms with Crippen molar-refractivity contribution in [3.8, 4) is 17.0 Å². The van der Waals surface area contributed by atoms with Crippen LogP contribution >= 0.6 is 0 Å². The van der Waals surface area contributed by atoms with Crippen molar-refractivity contribution >= 4 is 27.9 Å². The molecule has 0 saturated heterocycles. The van der Waals surface area contributed by atoms with Gasteiger partial charge in [0.1, 0.15) is 16.9 Å². The summed E-state index contributed by atoms with van der Waals surface area (Å²) < 4.78 is 16.3. The summed E-state index contributed by atoms with van der Waals surface area (Å²) >= 11 is 0. The maximum absolute atomic E-state index is 12.4. The Morgan fingerprint density at radius 1 is 0.828 bits per heavy atom. The third-order valence-corrected chi connectivity index (χ3v) is 4.49. The Hall–Kier alpha value is -4.19. The van der Waals surface area contributed by atoms with E-state index in [0.717, 1.165) is 5.39 Å². The predicted octanol–water partition coefficient (Wildman–Crippen LogP) is 4.82. The molecule has 0 radical (unpaired) electrons. The first-order valence-corrected chi connectivity index (χ1v) is 8.87. The molecule has 0 N–H and O–H groups in total. The molecule has 0 aliphatic carbocycles. The molecule has 0 bridgehead atoms. The van der Waals surface area contributed by atoms with Crippen LogP contribution in [0.4, 0.5) is 0 Å². The molecule has 5 rings (SSSR count). The fraction of sp³-hybridized carbons (Fsp3) is 0. The summed E-state index contributed by atoms with van der Waals surface area (Å²) in [6.45, 7) is 0. The van der Waals surface area contributed by atoms with Crippen molar-refractivity contribution in [1.82, 2.24) is 4.98 Å². The third-order valence-electron chi connectivity index (χ3n) is 4.49. The number of hydrogen-bond donors (Lipinski definition) is 0. The average Bonchev–Trinajstić information content (AvgIpc) is 3.18. The van der Waals surface area contributed by atoms with E-state index in [-0.39, 0.29) is 11.5 Å². The van der Waals surface area contributed by atoms with Crippen LogP contribution in [0, 0.1) is 0 Å². The molecule has 0 unspecified atom stereocenters. The second-order valence-electron chi connectivity index (χ2n) is 6.40. The number of furan rings is 1. The number of carbonyl (C=O) groups is 1. The van der Waals surface area contributed by atoms with E-state index in [0.29, 0.717) is 27.8 Å². The van der Waals surface area contributed by atoms with E-state index in [4.69, 9.17) is 13.6 Å². The first-order valence-electron chi connectivity index (χ1n) is 8.87. The number of carbonyl (C=O) groups excluding carboxylic acids is 1. The van der Waals surface area contributed by atoms with Gasteiger partial charge in [0.15, 0.2) is 0 Å². The number of ether oxygens (including phenoxy) is 1. The average molecular weight is 383 g/mol. The summed E-state index contributed by atoms with van der Waals surface area (Å²) in [5, 5.41) is 1.50. The number of benzene rings is 2. The summed E-state index contributed by atoms with van der Waals surface area (Å²) in [6.07, 6.45) is 1.61. The van der Waals surface area contributed by atoms with E-state index in [9.17, 15) is 9.59 Å². The van der Waals surface area contributed by atoms with Gasteiger partial charge in [-0.25, -0.2) is 9.59 Å². The van der Waals surface area contributed by atoms with E-state index in [1.165, 1.54) is 6.07 Å². The van der Waals surface area contributed by atoms with E-state index in [1.807, 2.05) is 18.2 Å². The van der Waals surface area contributed by atoms with Crippen LogP contribution in [0.5, 0.6) is 5.75 Å². The number of pyridine rings is 1. The second kappa shape index (κ2) is 6.76. The fourth-order valence-electron chi connectivity index (χ4n) is 3.10. The highest BCUT2D eigenvalue weighted by Crippen LogP contribution is 2.25. The number of esters is 1. The Bertz CT molecular complexity index is 1380. The van der Waals surface area contributed by atoms with Crippen LogP contribution < -0.4 is 10.4 Å². The zero-order valence-corrected chi connectivity index (χ0v) is 15.0. The molecule has 3 aromatic heterocycles. The van der Waals surface area contributed by atoms with E-state index in [1.54, 1.807) is 54.7 Å². The minimum Gasteiger partial charge on any atom is -0.449 e. The second-order valence-corrected chi connectivity index (χ2v) is 6.40. The number of nitrogens with zero attached hydrogens (tertiary/aromatic N) is 1. The lowest BCUT2D eigenvalue weighted by Crippen LogP contribution is -2.07. The van der Waals surface area contributed by atoms with E-state index >= 15 is 0 Å². The van der Waals surface area contributed by atoms with Crippen molar-refractivity contribution in [1.29, 1.82) is 0 Å². The molecule has 0 atom stereocenters. The monoisotopic (exact) mass is 383 g/mol. The molecule has 5 aromatic rings. The molecule has 3 heterocycles. The molecule has 0 amide bonds. The van der Waals surface area contributed by atoms with Gasteiger partial charge in [-0.1, -0.05) is 24.3 Å². The lowest BCUT2D eigenvalue weighted by atomic mass is 10.1. The van der Waals surface area contributed by atoms with Gasteiger partial charge in [0.25, 0.3) is 0 Å². The molecule has 6 nitrogen and oxygen atoms in total. The Balaban J connectivity index is 1.46. The third kappa shape index (κ3) is 3.17. The highest BCUT2D eigenvalue weighted by atomic mass is 16.5. The van der Waals surface area contributed by atoms with Crippen LogP contribution in [0.15, 0.2) is 92.6 Å². The molecular weight excluding hydrogens is 370 g/mol. The summed E-state index contributed by atoms with van der Waals surface area (Å²) in [5.74, 6) is -0.289. The van der Waals surface area contributed by atoms with Gasteiger partial charge in [-0.3, -0.25) is 4.98 Å². The summed E-state index contributed by atoms with van der Waals surface area (Å²) in [4.78, 5) is 29.0. The maximum atomic E-state index is 12.4. The van der Waals surface area contributed by atoms with Crippen molar-refractivity contribution in [2.75, 3.05) is 0 Å². The van der Waals surface area contributed by atoms with Crippen LogP contribution in [0.2, 0.25) is 0 Å². The first-order chi connectivity index (χ1) is 14.2. The van der Waals surface area contributed by atoms with Gasteiger partial charge >= 0.3 is 11.6 Å². The van der Waals surface area contributed by atoms with Crippen molar-refractivity contribution < 1.29 is 18.4 Å². The van der Waals surface area contributed by atoms with Gasteiger partial charge in [0.2, 0.25) is 5.76 Å². The van der Waals surface area contributed by atoms with Crippen molar-refractivity contribution in [2.45, 2.75) is 0 Å². The van der Waals surface area contributed by atoms with Gasteiger partial charge in [-0.2, -0.15) is 0 Å². The Labute approximate surface area is 164 Å². The predicted molar refractivity (Wildman–Crippen MR) is 107 cm³/mol. The van der Waals surface area contributed by atoms with Crippen LogP contribution in [0.3, 0.4) is 0 Å². The molecule has 2 aromatic carbocycles. The van der Waals surface area contributed by atoms with Crippen LogP contribution in [0.25, 0.3) is 33.2 Å². The summed E-state index contributed by atoms with van der Waals surface area (Å²) in [5.41, 5.74) is 1.29. The zero-order valence-electron chi connectivity index (χ0n) is 15.0. The minimum atomic E-state index is -0.631. The summed E-state index contributed by atoms with van der Waals surface area (Å²) in [6, 6.07) is 20.8. The number of aromatic nitrogens is 1. The lowest BCUT2D eigenvalue weighted by Gasteiger charge is -2.05. The lowest BCUT2D eigenvalue weighted by molar-refractivity contribution is 0.0704. The molecule has 0 aliphatic heterocycles. The fourth-order valence-corrected chi connectivity index (χ4v) is 3.10. The zero-order chi connectivity index (χ0) is 19.8. The standard InChI is InChI=1S/C23H13NO5/c25-22-17(18-6-3-4-10-24-18)11-15-8-9-16(13-20(15)29-22)27-23(26)21-12-14-5-1-2-7-19(14)28-21/h1-13H. The molecule has 140 valence electrons. The molecular formula is C23H13NO5. The number of hydrogen-bond acceptors (Lipinski definition) is 6. The molecule has 0 spiro atoms. The Kier molecular flexibility index (Phi) is 3.95. The Morgan fingerprint density at radius 3 is 2.48 bits per heavy atom. The largest absolute Gasteiger partial charge is 0.449 e. The van der Waals surface area contributed by atoms with Crippen molar-refractivity contribution in [3.05, 3.63) is 95.2 Å². The molecule has 29 heavy (non-hydrogen) atoms. The topological polar surface area (TPSA) is 82.5 Å². The minimum absolute atomic E-state index is 0.0956. The van der Waals surface area contributed by atoms with E-state index < -0.39 is 11.6 Å². The number of fused-ring (bicyclic) bond motifs is 2. The van der Waals surface area contributed by atoms with E-state index in [2.05, 4.69) is 4.98 Å². The quantitative estimate of drug-likeness (QED) is 0.252. The van der Waals surface area contributed by atoms with Crippen molar-refractivity contribution in [3.63, 3.8) is 0 Å². The van der Waals surface area contributed by atoms with Crippen LogP contribution in [0.1, 0.15) is 10.6 Å². The van der Waals surface area contributed by atoms with Gasteiger partial charge in [-0.15, -0.1) is 0 Å². The Morgan fingerprint density at radius 2 is 1.66 bits per heavy atom. The highest BCUT2D eigenvalue weighted by Gasteiger charge is 2.16. The van der Waals surface area contributed by atoms with Gasteiger partial charge in [-0.05, 0) is 42.5 Å². The molecule has 0 saturated carbocycles. The van der Waals surface area contributed by atoms with Gasteiger partial charge in [0.05, 0.1) is 11.3 Å². The molecule has 0 aliphatic rings. The molecule has 0 fully saturated rings. The van der Waals surface area contributed by atoms with Crippen molar-refractivity contribution in [2.24, 2.45) is 0 Å². The SMILES string of the molecule is O=C(Oc1ccc2cc(-c3ccccn3)c(=O)oc2c1)c1cc2ccccc2o1. The first kappa shape index (κ1) is 16.9.